The highest BCUT2D eigenvalue weighted by Gasteiger charge is 2.30. The third kappa shape index (κ3) is 2.59. The molecule has 0 aliphatic carbocycles. The van der Waals surface area contributed by atoms with Gasteiger partial charge < -0.3 is 24.5 Å². The molecule has 2 N–H and O–H groups in total. The molecule has 0 saturated carbocycles. The Hall–Kier alpha value is -2.66. The van der Waals surface area contributed by atoms with Crippen LogP contribution in [0, 0.1) is 0 Å². The Morgan fingerprint density at radius 1 is 0.962 bits per heavy atom. The van der Waals surface area contributed by atoms with Gasteiger partial charge in [-0.1, -0.05) is 18.2 Å². The lowest BCUT2D eigenvalue weighted by Gasteiger charge is -2.30. The normalized spacial score (nSPS) is 19.2. The molecule has 0 bridgehead atoms. The average Bonchev–Trinajstić information content (AvgIpc) is 3.04. The maximum absolute atomic E-state index is 5.54. The van der Waals surface area contributed by atoms with E-state index in [0.717, 1.165) is 12.0 Å². The highest BCUT2D eigenvalue weighted by molar-refractivity contribution is 5.85. The second kappa shape index (κ2) is 6.57. The summed E-state index contributed by atoms with van der Waals surface area (Å²) in [4.78, 5) is 3.61. The predicted molar refractivity (Wildman–Crippen MR) is 103 cm³/mol. The van der Waals surface area contributed by atoms with Crippen molar-refractivity contribution in [1.82, 2.24) is 10.3 Å². The molecule has 136 valence electrons. The number of aromatic nitrogens is 1. The first kappa shape index (κ1) is 16.8. The van der Waals surface area contributed by atoms with Crippen LogP contribution in [0.5, 0.6) is 17.2 Å². The first-order valence-corrected chi connectivity index (χ1v) is 8.81. The van der Waals surface area contributed by atoms with Gasteiger partial charge in [0, 0.05) is 22.6 Å². The van der Waals surface area contributed by atoms with Crippen molar-refractivity contribution in [3.8, 4) is 17.2 Å². The molecule has 5 heteroatoms. The minimum Gasteiger partial charge on any atom is -0.493 e. The first-order valence-electron chi connectivity index (χ1n) is 8.81. The number of methoxy groups -OCH3 is 3. The van der Waals surface area contributed by atoms with E-state index in [1.165, 1.54) is 22.2 Å². The van der Waals surface area contributed by atoms with Crippen molar-refractivity contribution in [2.45, 2.75) is 25.4 Å². The lowest BCUT2D eigenvalue weighted by atomic mass is 9.90. The molecule has 4 rings (SSSR count). The molecular formula is C21H24N2O3. The molecule has 0 radical (unpaired) electrons. The van der Waals surface area contributed by atoms with Crippen molar-refractivity contribution in [1.29, 1.82) is 0 Å². The van der Waals surface area contributed by atoms with E-state index < -0.39 is 0 Å². The van der Waals surface area contributed by atoms with Crippen molar-refractivity contribution in [3.05, 3.63) is 53.2 Å². The van der Waals surface area contributed by atoms with Crippen LogP contribution in [-0.2, 0) is 6.42 Å². The summed E-state index contributed by atoms with van der Waals surface area (Å²) in [6, 6.07) is 12.9. The van der Waals surface area contributed by atoms with E-state index >= 15 is 0 Å². The van der Waals surface area contributed by atoms with Crippen molar-refractivity contribution in [2.24, 2.45) is 0 Å². The number of rotatable bonds is 4. The number of H-pyrrole nitrogens is 1. The van der Waals surface area contributed by atoms with Crippen molar-refractivity contribution in [3.63, 3.8) is 0 Å². The number of benzene rings is 2. The summed E-state index contributed by atoms with van der Waals surface area (Å²) in [6.07, 6.45) is 1.00. The molecule has 0 saturated heterocycles. The van der Waals surface area contributed by atoms with Gasteiger partial charge >= 0.3 is 0 Å². The predicted octanol–water partition coefficient (Wildman–Crippen LogP) is 3.82. The number of aromatic amines is 1. The summed E-state index contributed by atoms with van der Waals surface area (Å²) in [5, 5.41) is 5.01. The fraction of sp³-hybridized carbons (Fsp3) is 0.333. The van der Waals surface area contributed by atoms with E-state index in [1.807, 2.05) is 12.1 Å². The van der Waals surface area contributed by atoms with Crippen LogP contribution < -0.4 is 19.5 Å². The monoisotopic (exact) mass is 352 g/mol. The Morgan fingerprint density at radius 3 is 2.31 bits per heavy atom. The summed E-state index contributed by atoms with van der Waals surface area (Å²) in [5.41, 5.74) is 4.84. The summed E-state index contributed by atoms with van der Waals surface area (Å²) >= 11 is 0. The van der Waals surface area contributed by atoms with Crippen molar-refractivity contribution in [2.75, 3.05) is 21.3 Å². The van der Waals surface area contributed by atoms with Crippen LogP contribution in [-0.4, -0.2) is 32.4 Å². The Morgan fingerprint density at radius 2 is 1.65 bits per heavy atom. The smallest absolute Gasteiger partial charge is 0.203 e. The highest BCUT2D eigenvalue weighted by atomic mass is 16.5. The zero-order valence-electron chi connectivity index (χ0n) is 15.6. The molecule has 1 aliphatic rings. The number of para-hydroxylation sites is 1. The fourth-order valence-corrected chi connectivity index (χ4v) is 3.95. The Kier molecular flexibility index (Phi) is 4.24. The topological polar surface area (TPSA) is 55.5 Å². The third-order valence-corrected chi connectivity index (χ3v) is 5.12. The molecule has 0 spiro atoms. The van der Waals surface area contributed by atoms with Gasteiger partial charge in [-0.15, -0.1) is 0 Å². The van der Waals surface area contributed by atoms with Crippen LogP contribution in [0.15, 0.2) is 36.4 Å². The SMILES string of the molecule is COc1cc([C@H]2N[C@@H](C)Cc3c2[nH]c2ccccc32)cc(OC)c1OC. The summed E-state index contributed by atoms with van der Waals surface area (Å²) in [6.45, 7) is 2.22. The molecule has 2 heterocycles. The van der Waals surface area contributed by atoms with E-state index in [9.17, 15) is 0 Å². The lowest BCUT2D eigenvalue weighted by molar-refractivity contribution is 0.322. The van der Waals surface area contributed by atoms with Gasteiger partial charge in [0.15, 0.2) is 11.5 Å². The first-order chi connectivity index (χ1) is 12.7. The van der Waals surface area contributed by atoms with E-state index in [0.29, 0.717) is 23.3 Å². The van der Waals surface area contributed by atoms with Crippen molar-refractivity contribution >= 4 is 10.9 Å². The molecule has 3 aromatic rings. The standard InChI is InChI=1S/C21H24N2O3/c1-12-9-15-14-7-5-6-8-16(14)23-20(15)19(22-12)13-10-17(24-2)21(26-4)18(11-13)25-3/h5-8,10-12,19,22-23H,9H2,1-4H3/t12-,19+/m0/s1. The van der Waals surface area contributed by atoms with Crippen LogP contribution >= 0.6 is 0 Å². The largest absolute Gasteiger partial charge is 0.493 e. The van der Waals surface area contributed by atoms with E-state index in [4.69, 9.17) is 14.2 Å². The van der Waals surface area contributed by atoms with Crippen LogP contribution in [0.2, 0.25) is 0 Å². The molecule has 0 unspecified atom stereocenters. The van der Waals surface area contributed by atoms with Crippen LogP contribution in [0.1, 0.15) is 29.8 Å². The Balaban J connectivity index is 1.89. The van der Waals surface area contributed by atoms with Gasteiger partial charge in [0.25, 0.3) is 0 Å². The Labute approximate surface area is 153 Å². The average molecular weight is 352 g/mol. The number of nitrogens with one attached hydrogen (secondary N) is 2. The Bertz CT molecular complexity index is 923. The van der Waals surface area contributed by atoms with Crippen molar-refractivity contribution < 1.29 is 14.2 Å². The molecule has 0 fully saturated rings. The number of fused-ring (bicyclic) bond motifs is 3. The van der Waals surface area contributed by atoms with E-state index in [1.54, 1.807) is 21.3 Å². The maximum Gasteiger partial charge on any atom is 0.203 e. The summed E-state index contributed by atoms with van der Waals surface area (Å²) in [7, 11) is 4.91. The molecule has 26 heavy (non-hydrogen) atoms. The number of ether oxygens (including phenoxy) is 3. The van der Waals surface area contributed by atoms with Gasteiger partial charge in [-0.3, -0.25) is 0 Å². The number of hydrogen-bond donors (Lipinski definition) is 2. The summed E-state index contributed by atoms with van der Waals surface area (Å²) < 4.78 is 16.5. The van der Waals surface area contributed by atoms with Crippen LogP contribution in [0.25, 0.3) is 10.9 Å². The molecule has 2 atom stereocenters. The quantitative estimate of drug-likeness (QED) is 0.750. The van der Waals surface area contributed by atoms with E-state index in [2.05, 4.69) is 41.5 Å². The second-order valence-electron chi connectivity index (χ2n) is 6.73. The molecular weight excluding hydrogens is 328 g/mol. The van der Waals surface area contributed by atoms with E-state index in [-0.39, 0.29) is 6.04 Å². The van der Waals surface area contributed by atoms with Gasteiger partial charge in [0.05, 0.1) is 27.4 Å². The molecule has 2 aromatic carbocycles. The zero-order chi connectivity index (χ0) is 18.3. The van der Waals surface area contributed by atoms with Gasteiger partial charge in [-0.05, 0) is 42.7 Å². The maximum atomic E-state index is 5.54. The molecule has 1 aromatic heterocycles. The molecule has 1 aliphatic heterocycles. The number of hydrogen-bond acceptors (Lipinski definition) is 4. The van der Waals surface area contributed by atoms with Gasteiger partial charge in [-0.2, -0.15) is 0 Å². The zero-order valence-corrected chi connectivity index (χ0v) is 15.6. The lowest BCUT2D eigenvalue weighted by Crippen LogP contribution is -2.37. The minimum absolute atomic E-state index is 0.0369. The van der Waals surface area contributed by atoms with Gasteiger partial charge in [0.2, 0.25) is 5.75 Å². The molecule has 5 nitrogen and oxygen atoms in total. The second-order valence-corrected chi connectivity index (χ2v) is 6.73. The fourth-order valence-electron chi connectivity index (χ4n) is 3.95. The van der Waals surface area contributed by atoms with Gasteiger partial charge in [0.1, 0.15) is 0 Å². The van der Waals surface area contributed by atoms with Crippen LogP contribution in [0.3, 0.4) is 0 Å². The van der Waals surface area contributed by atoms with Gasteiger partial charge in [-0.25, -0.2) is 0 Å². The highest BCUT2D eigenvalue weighted by Crippen LogP contribution is 2.42. The third-order valence-electron chi connectivity index (χ3n) is 5.12. The minimum atomic E-state index is 0.0369. The van der Waals surface area contributed by atoms with Crippen LogP contribution in [0.4, 0.5) is 0 Å². The summed E-state index contributed by atoms with van der Waals surface area (Å²) in [5.74, 6) is 1.94. The molecule has 0 amide bonds.